The molecule has 0 aliphatic carbocycles. The molecule has 1 unspecified atom stereocenters. The van der Waals surface area contributed by atoms with Crippen LogP contribution in [0.15, 0.2) is 21.2 Å². The molecule has 1 N–H and O–H groups in total. The molecule has 3 heterocycles. The van der Waals surface area contributed by atoms with E-state index in [1.54, 1.807) is 4.90 Å². The van der Waals surface area contributed by atoms with Gasteiger partial charge in [0.25, 0.3) is 0 Å². The average Bonchev–Trinajstić information content (AvgIpc) is 3.24. The zero-order valence-corrected chi connectivity index (χ0v) is 13.7. The molecule has 1 fully saturated rings. The van der Waals surface area contributed by atoms with Crippen LogP contribution in [0.5, 0.6) is 0 Å². The smallest absolute Gasteiger partial charge is 0.305 e. The van der Waals surface area contributed by atoms with Crippen molar-refractivity contribution < 1.29 is 23.8 Å². The predicted octanol–water partition coefficient (Wildman–Crippen LogP) is 1.43. The lowest BCUT2D eigenvalue weighted by atomic mass is 10.1. The maximum atomic E-state index is 12.4. The molecule has 0 bridgehead atoms. The fourth-order valence-corrected chi connectivity index (χ4v) is 3.20. The third kappa shape index (κ3) is 3.98. The number of hydrogen-bond donors (Lipinski definition) is 1. The second-order valence-corrected chi connectivity index (χ2v) is 6.21. The van der Waals surface area contributed by atoms with E-state index in [1.807, 2.05) is 16.8 Å². The lowest BCUT2D eigenvalue weighted by Crippen LogP contribution is -2.49. The standard InChI is InChI=1S/C15H17N3O5S/c19-13(18-4-5-22-8-11(18)7-14(20)21)2-1-12-16-17-15(23-12)10-3-6-24-9-10/h3,6,9,11H,1-2,4-5,7-8H2,(H,20,21). The van der Waals surface area contributed by atoms with Crippen molar-refractivity contribution in [2.24, 2.45) is 0 Å². The fraction of sp³-hybridized carbons (Fsp3) is 0.467. The maximum absolute atomic E-state index is 12.4. The molecule has 1 amide bonds. The van der Waals surface area contributed by atoms with E-state index >= 15 is 0 Å². The number of carboxylic acid groups (broad SMARTS) is 1. The van der Waals surface area contributed by atoms with Crippen LogP contribution >= 0.6 is 11.3 Å². The van der Waals surface area contributed by atoms with E-state index in [2.05, 4.69) is 10.2 Å². The summed E-state index contributed by atoms with van der Waals surface area (Å²) in [5.74, 6) is -0.234. The van der Waals surface area contributed by atoms with Gasteiger partial charge < -0.3 is 19.2 Å². The molecule has 1 aliphatic rings. The lowest BCUT2D eigenvalue weighted by molar-refractivity contribution is -0.146. The van der Waals surface area contributed by atoms with Crippen molar-refractivity contribution in [1.82, 2.24) is 15.1 Å². The molecule has 2 aromatic rings. The molecule has 0 aromatic carbocycles. The average molecular weight is 351 g/mol. The van der Waals surface area contributed by atoms with Gasteiger partial charge in [0.05, 0.1) is 25.7 Å². The van der Waals surface area contributed by atoms with Crippen molar-refractivity contribution in [1.29, 1.82) is 0 Å². The molecule has 9 heteroatoms. The molecular weight excluding hydrogens is 334 g/mol. The minimum atomic E-state index is -0.944. The minimum absolute atomic E-state index is 0.116. The Kier molecular flexibility index (Phi) is 5.21. The molecule has 1 atom stereocenters. The highest BCUT2D eigenvalue weighted by atomic mass is 32.1. The molecule has 1 saturated heterocycles. The van der Waals surface area contributed by atoms with E-state index in [9.17, 15) is 9.59 Å². The summed E-state index contributed by atoms with van der Waals surface area (Å²) in [4.78, 5) is 24.9. The van der Waals surface area contributed by atoms with Crippen molar-refractivity contribution in [3.8, 4) is 11.5 Å². The Morgan fingerprint density at radius 2 is 2.29 bits per heavy atom. The van der Waals surface area contributed by atoms with Gasteiger partial charge in [0.2, 0.25) is 17.7 Å². The molecule has 0 spiro atoms. The summed E-state index contributed by atoms with van der Waals surface area (Å²) in [6, 6.07) is 1.46. The summed E-state index contributed by atoms with van der Waals surface area (Å²) < 4.78 is 10.8. The number of aryl methyl sites for hydroxylation is 1. The van der Waals surface area contributed by atoms with Crippen LogP contribution in [0.3, 0.4) is 0 Å². The number of carbonyl (C=O) groups is 2. The number of aliphatic carboxylic acids is 1. The first-order valence-electron chi connectivity index (χ1n) is 7.57. The van der Waals surface area contributed by atoms with E-state index in [1.165, 1.54) is 11.3 Å². The molecule has 8 nitrogen and oxygen atoms in total. The number of ether oxygens (including phenoxy) is 1. The van der Waals surface area contributed by atoms with E-state index < -0.39 is 12.0 Å². The molecule has 0 radical (unpaired) electrons. The van der Waals surface area contributed by atoms with Gasteiger partial charge >= 0.3 is 5.97 Å². The highest BCUT2D eigenvalue weighted by Crippen LogP contribution is 2.21. The fourth-order valence-electron chi connectivity index (χ4n) is 2.57. The highest BCUT2D eigenvalue weighted by molar-refractivity contribution is 7.08. The van der Waals surface area contributed by atoms with Crippen LogP contribution in [-0.2, 0) is 20.7 Å². The van der Waals surface area contributed by atoms with Gasteiger partial charge in [0, 0.05) is 30.3 Å². The van der Waals surface area contributed by atoms with Gasteiger partial charge in [-0.25, -0.2) is 0 Å². The van der Waals surface area contributed by atoms with Gasteiger partial charge in [-0.15, -0.1) is 10.2 Å². The monoisotopic (exact) mass is 351 g/mol. The normalized spacial score (nSPS) is 17.8. The third-order valence-corrected chi connectivity index (χ3v) is 4.43. The summed E-state index contributed by atoms with van der Waals surface area (Å²) in [5.41, 5.74) is 0.861. The first-order chi connectivity index (χ1) is 11.6. The maximum Gasteiger partial charge on any atom is 0.305 e. The van der Waals surface area contributed by atoms with E-state index in [0.717, 1.165) is 5.56 Å². The number of morpholine rings is 1. The van der Waals surface area contributed by atoms with Crippen LogP contribution in [0, 0.1) is 0 Å². The summed E-state index contributed by atoms with van der Waals surface area (Å²) in [7, 11) is 0. The minimum Gasteiger partial charge on any atom is -0.481 e. The Bertz CT molecular complexity index is 700. The van der Waals surface area contributed by atoms with Gasteiger partial charge in [-0.3, -0.25) is 9.59 Å². The van der Waals surface area contributed by atoms with Crippen molar-refractivity contribution in [2.75, 3.05) is 19.8 Å². The SMILES string of the molecule is O=C(O)CC1COCCN1C(=O)CCc1nnc(-c2ccsc2)o1. The second kappa shape index (κ2) is 7.54. The molecule has 0 saturated carbocycles. The Hall–Kier alpha value is -2.26. The van der Waals surface area contributed by atoms with Crippen LogP contribution in [0.1, 0.15) is 18.7 Å². The van der Waals surface area contributed by atoms with Crippen molar-refractivity contribution in [3.05, 3.63) is 22.7 Å². The van der Waals surface area contributed by atoms with Crippen LogP contribution in [0.4, 0.5) is 0 Å². The number of aromatic nitrogens is 2. The zero-order chi connectivity index (χ0) is 16.9. The van der Waals surface area contributed by atoms with Gasteiger partial charge in [-0.1, -0.05) is 0 Å². The van der Waals surface area contributed by atoms with Gasteiger partial charge in [0.15, 0.2) is 0 Å². The topological polar surface area (TPSA) is 106 Å². The number of carboxylic acids is 1. The largest absolute Gasteiger partial charge is 0.481 e. The second-order valence-electron chi connectivity index (χ2n) is 5.43. The number of thiophene rings is 1. The number of carbonyl (C=O) groups excluding carboxylic acids is 1. The van der Waals surface area contributed by atoms with Crippen LogP contribution < -0.4 is 0 Å². The molecule has 3 rings (SSSR count). The van der Waals surface area contributed by atoms with Gasteiger partial charge in [-0.2, -0.15) is 11.3 Å². The number of hydrogen-bond acceptors (Lipinski definition) is 7. The Labute approximate surface area is 142 Å². The van der Waals surface area contributed by atoms with E-state index in [-0.39, 0.29) is 25.4 Å². The quantitative estimate of drug-likeness (QED) is 0.839. The Morgan fingerprint density at radius 1 is 1.42 bits per heavy atom. The van der Waals surface area contributed by atoms with Crippen LogP contribution in [0.2, 0.25) is 0 Å². The lowest BCUT2D eigenvalue weighted by Gasteiger charge is -2.34. The predicted molar refractivity (Wildman–Crippen MR) is 84.5 cm³/mol. The third-order valence-electron chi connectivity index (χ3n) is 3.75. The summed E-state index contributed by atoms with van der Waals surface area (Å²) in [5, 5.41) is 20.7. The van der Waals surface area contributed by atoms with E-state index in [0.29, 0.717) is 31.4 Å². The molecule has 2 aromatic heterocycles. The first kappa shape index (κ1) is 16.6. The van der Waals surface area contributed by atoms with Crippen LogP contribution in [-0.4, -0.2) is 57.9 Å². The van der Waals surface area contributed by atoms with Gasteiger partial charge in [0.1, 0.15) is 0 Å². The van der Waals surface area contributed by atoms with Crippen molar-refractivity contribution in [3.63, 3.8) is 0 Å². The highest BCUT2D eigenvalue weighted by Gasteiger charge is 2.29. The van der Waals surface area contributed by atoms with Crippen molar-refractivity contribution in [2.45, 2.75) is 25.3 Å². The Balaban J connectivity index is 1.57. The summed E-state index contributed by atoms with van der Waals surface area (Å²) >= 11 is 1.54. The van der Waals surface area contributed by atoms with E-state index in [4.69, 9.17) is 14.3 Å². The molecular formula is C15H17N3O5S. The Morgan fingerprint density at radius 3 is 3.04 bits per heavy atom. The molecule has 1 aliphatic heterocycles. The summed E-state index contributed by atoms with van der Waals surface area (Å²) in [6.45, 7) is 1.08. The van der Waals surface area contributed by atoms with Gasteiger partial charge in [-0.05, 0) is 11.4 Å². The van der Waals surface area contributed by atoms with Crippen molar-refractivity contribution >= 4 is 23.2 Å². The number of rotatable bonds is 6. The summed E-state index contributed by atoms with van der Waals surface area (Å²) in [6.07, 6.45) is 0.406. The van der Waals surface area contributed by atoms with Crippen LogP contribution in [0.25, 0.3) is 11.5 Å². The molecule has 24 heavy (non-hydrogen) atoms. The molecule has 128 valence electrons. The number of nitrogens with zero attached hydrogens (tertiary/aromatic N) is 3. The number of amides is 1. The zero-order valence-electron chi connectivity index (χ0n) is 12.9. The first-order valence-corrected chi connectivity index (χ1v) is 8.51.